The molecule has 1 atom stereocenters. The molecule has 34 heavy (non-hydrogen) atoms. The molecule has 0 saturated carbocycles. The zero-order valence-electron chi connectivity index (χ0n) is 18.6. The topological polar surface area (TPSA) is 97.6 Å². The first-order valence-electron chi connectivity index (χ1n) is 11.0. The first-order chi connectivity index (χ1) is 16.4. The molecule has 1 N–H and O–H groups in total. The number of aromatic nitrogens is 2. The lowest BCUT2D eigenvalue weighted by Crippen LogP contribution is -2.40. The van der Waals surface area contributed by atoms with Crippen LogP contribution in [0.3, 0.4) is 0 Å². The smallest absolute Gasteiger partial charge is 0.340 e. The fourth-order valence-electron chi connectivity index (χ4n) is 3.92. The Morgan fingerprint density at radius 2 is 2.06 bits per heavy atom. The second-order valence-corrected chi connectivity index (χ2v) is 8.81. The zero-order chi connectivity index (χ0) is 24.1. The summed E-state index contributed by atoms with van der Waals surface area (Å²) in [6.45, 7) is 3.77. The van der Waals surface area contributed by atoms with Gasteiger partial charge in [0.15, 0.2) is 0 Å². The van der Waals surface area contributed by atoms with Crippen molar-refractivity contribution in [2.24, 2.45) is 5.92 Å². The maximum atomic E-state index is 13.0. The Kier molecular flexibility index (Phi) is 7.82. The number of likely N-dealkylation sites (tertiary alicyclic amines) is 1. The average Bonchev–Trinajstić information content (AvgIpc) is 3.27. The number of anilines is 1. The summed E-state index contributed by atoms with van der Waals surface area (Å²) >= 11 is 12.2. The second-order valence-electron chi connectivity index (χ2n) is 7.97. The minimum atomic E-state index is -0.461. The van der Waals surface area contributed by atoms with Crippen LogP contribution in [0.5, 0.6) is 0 Å². The van der Waals surface area contributed by atoms with Gasteiger partial charge in [0.1, 0.15) is 0 Å². The van der Waals surface area contributed by atoms with E-state index in [9.17, 15) is 9.59 Å². The number of piperidine rings is 1. The van der Waals surface area contributed by atoms with E-state index >= 15 is 0 Å². The summed E-state index contributed by atoms with van der Waals surface area (Å²) in [6.07, 6.45) is 1.60. The Bertz CT molecular complexity index is 1180. The maximum absolute atomic E-state index is 13.0. The van der Waals surface area contributed by atoms with Gasteiger partial charge in [-0.05, 0) is 56.6 Å². The van der Waals surface area contributed by atoms with Gasteiger partial charge in [-0.25, -0.2) is 4.79 Å². The molecule has 2 heterocycles. The normalized spacial score (nSPS) is 16.3. The van der Waals surface area contributed by atoms with Crippen LogP contribution in [-0.4, -0.2) is 46.6 Å². The number of hydrogen-bond acceptors (Lipinski definition) is 7. The van der Waals surface area contributed by atoms with Gasteiger partial charge in [0.05, 0.1) is 35.3 Å². The predicted molar refractivity (Wildman–Crippen MR) is 129 cm³/mol. The number of nitrogens with zero attached hydrogens (tertiary/aromatic N) is 3. The van der Waals surface area contributed by atoms with Crippen LogP contribution in [0.4, 0.5) is 5.69 Å². The van der Waals surface area contributed by atoms with Gasteiger partial charge in [-0.2, -0.15) is 4.98 Å². The molecular weight excluding hydrogens is 479 g/mol. The molecule has 1 unspecified atom stereocenters. The summed E-state index contributed by atoms with van der Waals surface area (Å²) in [5, 5.41) is 7.90. The van der Waals surface area contributed by atoms with Gasteiger partial charge >= 0.3 is 5.97 Å². The maximum Gasteiger partial charge on any atom is 0.340 e. The number of halogens is 2. The number of carbonyl (C=O) groups is 2. The highest BCUT2D eigenvalue weighted by Crippen LogP contribution is 2.29. The third-order valence-corrected chi connectivity index (χ3v) is 6.10. The summed E-state index contributed by atoms with van der Waals surface area (Å²) < 4.78 is 10.5. The number of rotatable bonds is 7. The molecule has 1 saturated heterocycles. The molecule has 8 nitrogen and oxygen atoms in total. The van der Waals surface area contributed by atoms with Crippen molar-refractivity contribution in [1.29, 1.82) is 0 Å². The van der Waals surface area contributed by atoms with Crippen LogP contribution in [0.2, 0.25) is 10.0 Å². The Hall–Kier alpha value is -2.94. The zero-order valence-corrected chi connectivity index (χ0v) is 20.1. The minimum Gasteiger partial charge on any atom is -0.462 e. The largest absolute Gasteiger partial charge is 0.462 e. The fraction of sp³-hybridized carbons (Fsp3) is 0.333. The molecule has 1 aromatic heterocycles. The standard InChI is InChI=1S/C24H24Cl2N4O4/c1-2-33-24(32)18-7-3-4-8-20(18)27-23(31)15-6-5-11-30(13-15)14-21-28-22(29-34-21)17-10-9-16(25)12-19(17)26/h3-4,7-10,12,15H,2,5-6,11,13-14H2,1H3,(H,27,31). The molecule has 1 amide bonds. The molecule has 2 aromatic carbocycles. The Balaban J connectivity index is 1.39. The summed E-state index contributed by atoms with van der Waals surface area (Å²) in [7, 11) is 0. The minimum absolute atomic E-state index is 0.138. The molecule has 4 rings (SSSR count). The number of para-hydroxylation sites is 1. The lowest BCUT2D eigenvalue weighted by Gasteiger charge is -2.31. The molecule has 1 fully saturated rings. The van der Waals surface area contributed by atoms with Crippen molar-refractivity contribution >= 4 is 40.8 Å². The number of esters is 1. The highest BCUT2D eigenvalue weighted by Gasteiger charge is 2.28. The van der Waals surface area contributed by atoms with Crippen molar-refractivity contribution in [1.82, 2.24) is 15.0 Å². The van der Waals surface area contributed by atoms with Gasteiger partial charge in [-0.1, -0.05) is 40.5 Å². The van der Waals surface area contributed by atoms with E-state index in [1.54, 1.807) is 49.4 Å². The molecule has 0 radical (unpaired) electrons. The molecule has 3 aromatic rings. The highest BCUT2D eigenvalue weighted by atomic mass is 35.5. The summed E-state index contributed by atoms with van der Waals surface area (Å²) in [6, 6.07) is 11.9. The van der Waals surface area contributed by atoms with E-state index in [0.29, 0.717) is 51.7 Å². The SMILES string of the molecule is CCOC(=O)c1ccccc1NC(=O)C1CCCN(Cc2nc(-c3ccc(Cl)cc3Cl)no2)C1. The van der Waals surface area contributed by atoms with Crippen LogP contribution in [0.25, 0.3) is 11.4 Å². The van der Waals surface area contributed by atoms with Crippen molar-refractivity contribution in [2.45, 2.75) is 26.3 Å². The third kappa shape index (κ3) is 5.75. The first kappa shape index (κ1) is 24.2. The van der Waals surface area contributed by atoms with Crippen molar-refractivity contribution < 1.29 is 18.8 Å². The predicted octanol–water partition coefficient (Wildman–Crippen LogP) is 5.07. The second kappa shape index (κ2) is 11.0. The van der Waals surface area contributed by atoms with Crippen LogP contribution in [-0.2, 0) is 16.1 Å². The van der Waals surface area contributed by atoms with Crippen LogP contribution in [0.15, 0.2) is 47.0 Å². The molecule has 10 heteroatoms. The monoisotopic (exact) mass is 502 g/mol. The number of ether oxygens (including phenoxy) is 1. The van der Waals surface area contributed by atoms with Gasteiger partial charge in [0.25, 0.3) is 0 Å². The van der Waals surface area contributed by atoms with Crippen LogP contribution in [0, 0.1) is 5.92 Å². The number of nitrogens with one attached hydrogen (secondary N) is 1. The molecule has 0 bridgehead atoms. The van der Waals surface area contributed by atoms with E-state index in [1.165, 1.54) is 0 Å². The lowest BCUT2D eigenvalue weighted by molar-refractivity contribution is -0.121. The van der Waals surface area contributed by atoms with E-state index < -0.39 is 5.97 Å². The molecule has 178 valence electrons. The van der Waals surface area contributed by atoms with Crippen molar-refractivity contribution in [2.75, 3.05) is 25.0 Å². The van der Waals surface area contributed by atoms with E-state index in [4.69, 9.17) is 32.5 Å². The Labute approximate surface area is 207 Å². The molecular formula is C24H24Cl2N4O4. The van der Waals surface area contributed by atoms with Crippen molar-refractivity contribution in [3.8, 4) is 11.4 Å². The lowest BCUT2D eigenvalue weighted by atomic mass is 9.97. The number of benzene rings is 2. The van der Waals surface area contributed by atoms with E-state index in [0.717, 1.165) is 19.4 Å². The highest BCUT2D eigenvalue weighted by molar-refractivity contribution is 6.36. The van der Waals surface area contributed by atoms with Crippen molar-refractivity contribution in [3.05, 3.63) is 64.0 Å². The molecule has 0 spiro atoms. The number of carbonyl (C=O) groups excluding carboxylic acids is 2. The summed E-state index contributed by atoms with van der Waals surface area (Å²) in [4.78, 5) is 31.7. The summed E-state index contributed by atoms with van der Waals surface area (Å²) in [5.41, 5.74) is 1.42. The molecule has 1 aliphatic rings. The first-order valence-corrected chi connectivity index (χ1v) is 11.8. The quantitative estimate of drug-likeness (QED) is 0.450. The average molecular weight is 503 g/mol. The summed E-state index contributed by atoms with van der Waals surface area (Å²) in [5.74, 6) is -0.0114. The van der Waals surface area contributed by atoms with Gasteiger partial charge in [0, 0.05) is 17.1 Å². The van der Waals surface area contributed by atoms with Gasteiger partial charge in [0.2, 0.25) is 17.6 Å². The fourth-order valence-corrected chi connectivity index (χ4v) is 4.41. The van der Waals surface area contributed by atoms with E-state index in [2.05, 4.69) is 20.4 Å². The van der Waals surface area contributed by atoms with E-state index in [-0.39, 0.29) is 18.4 Å². The van der Waals surface area contributed by atoms with Gasteiger partial charge in [-0.3, -0.25) is 9.69 Å². The van der Waals surface area contributed by atoms with E-state index in [1.807, 2.05) is 0 Å². The van der Waals surface area contributed by atoms with Crippen LogP contribution in [0.1, 0.15) is 36.0 Å². The number of amides is 1. The Morgan fingerprint density at radius 3 is 2.85 bits per heavy atom. The number of hydrogen-bond donors (Lipinski definition) is 1. The molecule has 0 aliphatic carbocycles. The third-order valence-electron chi connectivity index (χ3n) is 5.56. The molecule has 1 aliphatic heterocycles. The van der Waals surface area contributed by atoms with Crippen LogP contribution < -0.4 is 5.32 Å². The van der Waals surface area contributed by atoms with Crippen molar-refractivity contribution in [3.63, 3.8) is 0 Å². The van der Waals surface area contributed by atoms with Gasteiger partial charge in [-0.15, -0.1) is 0 Å². The Morgan fingerprint density at radius 1 is 1.24 bits per heavy atom. The van der Waals surface area contributed by atoms with Crippen LogP contribution >= 0.6 is 23.2 Å². The van der Waals surface area contributed by atoms with Gasteiger partial charge < -0.3 is 14.6 Å².